The molecule has 2 rings (SSSR count). The standard InChI is InChI=1S/C10H15N3/c11-6-5-10-8-3-1-2-4-9(8)12-7-13-10/h7H,1-6,11H2. The van der Waals surface area contributed by atoms with Crippen molar-refractivity contribution in [1.29, 1.82) is 0 Å². The number of nitrogens with two attached hydrogens (primary N) is 1. The molecule has 0 aromatic carbocycles. The summed E-state index contributed by atoms with van der Waals surface area (Å²) in [6.45, 7) is 0.684. The van der Waals surface area contributed by atoms with Crippen LogP contribution in [-0.2, 0) is 19.3 Å². The Kier molecular flexibility index (Phi) is 2.54. The summed E-state index contributed by atoms with van der Waals surface area (Å²) in [5, 5.41) is 0. The van der Waals surface area contributed by atoms with Gasteiger partial charge in [0.2, 0.25) is 0 Å². The van der Waals surface area contributed by atoms with Crippen LogP contribution in [0.3, 0.4) is 0 Å². The maximum absolute atomic E-state index is 5.53. The van der Waals surface area contributed by atoms with Gasteiger partial charge in [-0.05, 0) is 37.8 Å². The second-order valence-corrected chi connectivity index (χ2v) is 3.49. The Morgan fingerprint density at radius 2 is 2.08 bits per heavy atom. The molecule has 0 fully saturated rings. The highest BCUT2D eigenvalue weighted by Crippen LogP contribution is 2.21. The van der Waals surface area contributed by atoms with Crippen LogP contribution in [0.5, 0.6) is 0 Å². The van der Waals surface area contributed by atoms with Crippen molar-refractivity contribution in [2.24, 2.45) is 5.73 Å². The highest BCUT2D eigenvalue weighted by atomic mass is 14.8. The van der Waals surface area contributed by atoms with E-state index in [1.807, 2.05) is 0 Å². The Bertz CT molecular complexity index is 296. The van der Waals surface area contributed by atoms with Crippen LogP contribution in [0.25, 0.3) is 0 Å². The van der Waals surface area contributed by atoms with Crippen LogP contribution < -0.4 is 5.73 Å². The molecule has 1 aromatic rings. The molecule has 1 aromatic heterocycles. The van der Waals surface area contributed by atoms with E-state index < -0.39 is 0 Å². The van der Waals surface area contributed by atoms with Gasteiger partial charge in [0, 0.05) is 17.8 Å². The summed E-state index contributed by atoms with van der Waals surface area (Å²) >= 11 is 0. The fraction of sp³-hybridized carbons (Fsp3) is 0.600. The minimum Gasteiger partial charge on any atom is -0.330 e. The fourth-order valence-corrected chi connectivity index (χ4v) is 1.94. The first-order valence-electron chi connectivity index (χ1n) is 4.93. The van der Waals surface area contributed by atoms with E-state index >= 15 is 0 Å². The molecule has 0 radical (unpaired) electrons. The Labute approximate surface area is 78.4 Å². The van der Waals surface area contributed by atoms with Crippen LogP contribution in [0.4, 0.5) is 0 Å². The third kappa shape index (κ3) is 1.70. The molecule has 1 heterocycles. The molecular weight excluding hydrogens is 162 g/mol. The maximum Gasteiger partial charge on any atom is 0.115 e. The summed E-state index contributed by atoms with van der Waals surface area (Å²) in [6.07, 6.45) is 7.38. The summed E-state index contributed by atoms with van der Waals surface area (Å²) in [5.41, 5.74) is 9.34. The summed E-state index contributed by atoms with van der Waals surface area (Å²) in [5.74, 6) is 0. The lowest BCUT2D eigenvalue weighted by Crippen LogP contribution is -2.13. The summed E-state index contributed by atoms with van der Waals surface area (Å²) in [6, 6.07) is 0. The molecular formula is C10H15N3. The fourth-order valence-electron chi connectivity index (χ4n) is 1.94. The first kappa shape index (κ1) is 8.63. The molecule has 1 aliphatic rings. The van der Waals surface area contributed by atoms with Crippen LogP contribution in [0, 0.1) is 0 Å². The number of aryl methyl sites for hydroxylation is 1. The molecule has 3 heteroatoms. The lowest BCUT2D eigenvalue weighted by atomic mass is 9.94. The van der Waals surface area contributed by atoms with Gasteiger partial charge in [0.15, 0.2) is 0 Å². The largest absolute Gasteiger partial charge is 0.330 e. The van der Waals surface area contributed by atoms with E-state index in [2.05, 4.69) is 9.97 Å². The summed E-state index contributed by atoms with van der Waals surface area (Å²) in [7, 11) is 0. The molecule has 0 aliphatic heterocycles. The van der Waals surface area contributed by atoms with Gasteiger partial charge in [0.05, 0.1) is 0 Å². The number of aromatic nitrogens is 2. The lowest BCUT2D eigenvalue weighted by Gasteiger charge is -2.16. The van der Waals surface area contributed by atoms with Crippen LogP contribution in [0.15, 0.2) is 6.33 Å². The molecule has 0 amide bonds. The number of hydrogen-bond acceptors (Lipinski definition) is 3. The Hall–Kier alpha value is -0.960. The molecule has 2 N–H and O–H groups in total. The highest BCUT2D eigenvalue weighted by molar-refractivity contribution is 5.27. The monoisotopic (exact) mass is 177 g/mol. The van der Waals surface area contributed by atoms with Crippen LogP contribution in [0.2, 0.25) is 0 Å². The lowest BCUT2D eigenvalue weighted by molar-refractivity contribution is 0.650. The topological polar surface area (TPSA) is 51.8 Å². The van der Waals surface area contributed by atoms with Gasteiger partial charge in [0.1, 0.15) is 6.33 Å². The molecule has 0 bridgehead atoms. The average Bonchev–Trinajstić information content (AvgIpc) is 2.19. The molecule has 1 aliphatic carbocycles. The van der Waals surface area contributed by atoms with Crippen molar-refractivity contribution in [1.82, 2.24) is 9.97 Å². The Morgan fingerprint density at radius 3 is 2.92 bits per heavy atom. The van der Waals surface area contributed by atoms with Crippen LogP contribution >= 0.6 is 0 Å². The van der Waals surface area contributed by atoms with Crippen molar-refractivity contribution in [3.05, 3.63) is 23.3 Å². The van der Waals surface area contributed by atoms with Gasteiger partial charge < -0.3 is 5.73 Å². The number of nitrogens with zero attached hydrogens (tertiary/aromatic N) is 2. The van der Waals surface area contributed by atoms with Gasteiger partial charge in [-0.3, -0.25) is 0 Å². The van der Waals surface area contributed by atoms with Crippen molar-refractivity contribution in [3.8, 4) is 0 Å². The normalized spacial score (nSPS) is 15.5. The molecule has 3 nitrogen and oxygen atoms in total. The van der Waals surface area contributed by atoms with Crippen molar-refractivity contribution >= 4 is 0 Å². The van der Waals surface area contributed by atoms with Gasteiger partial charge in [-0.1, -0.05) is 0 Å². The first-order valence-corrected chi connectivity index (χ1v) is 4.93. The van der Waals surface area contributed by atoms with Gasteiger partial charge in [-0.2, -0.15) is 0 Å². The van der Waals surface area contributed by atoms with E-state index in [4.69, 9.17) is 5.73 Å². The molecule has 0 saturated heterocycles. The van der Waals surface area contributed by atoms with Gasteiger partial charge in [-0.15, -0.1) is 0 Å². The van der Waals surface area contributed by atoms with Crippen molar-refractivity contribution in [3.63, 3.8) is 0 Å². The zero-order chi connectivity index (χ0) is 9.10. The predicted octanol–water partition coefficient (Wildman–Crippen LogP) is 0.857. The predicted molar refractivity (Wildman–Crippen MR) is 51.4 cm³/mol. The number of hydrogen-bond donors (Lipinski definition) is 1. The first-order chi connectivity index (χ1) is 6.42. The van der Waals surface area contributed by atoms with Crippen LogP contribution in [-0.4, -0.2) is 16.5 Å². The minimum absolute atomic E-state index is 0.684. The Balaban J connectivity index is 2.34. The SMILES string of the molecule is NCCc1ncnc2c1CCCC2. The van der Waals surface area contributed by atoms with E-state index in [1.54, 1.807) is 6.33 Å². The molecule has 0 unspecified atom stereocenters. The summed E-state index contributed by atoms with van der Waals surface area (Å²) < 4.78 is 0. The average molecular weight is 177 g/mol. The van der Waals surface area contributed by atoms with Gasteiger partial charge in [-0.25, -0.2) is 9.97 Å². The van der Waals surface area contributed by atoms with Crippen LogP contribution in [0.1, 0.15) is 29.8 Å². The highest BCUT2D eigenvalue weighted by Gasteiger charge is 2.14. The second kappa shape index (κ2) is 3.83. The van der Waals surface area contributed by atoms with E-state index in [-0.39, 0.29) is 0 Å². The number of rotatable bonds is 2. The van der Waals surface area contributed by atoms with E-state index in [0.29, 0.717) is 6.54 Å². The van der Waals surface area contributed by atoms with Crippen molar-refractivity contribution in [2.75, 3.05) is 6.54 Å². The van der Waals surface area contributed by atoms with Gasteiger partial charge in [0.25, 0.3) is 0 Å². The molecule has 0 spiro atoms. The van der Waals surface area contributed by atoms with E-state index in [9.17, 15) is 0 Å². The zero-order valence-corrected chi connectivity index (χ0v) is 7.79. The molecule has 70 valence electrons. The van der Waals surface area contributed by atoms with Crippen molar-refractivity contribution in [2.45, 2.75) is 32.1 Å². The van der Waals surface area contributed by atoms with E-state index in [1.165, 1.54) is 29.8 Å². The Morgan fingerprint density at radius 1 is 1.23 bits per heavy atom. The minimum atomic E-state index is 0.684. The third-order valence-electron chi connectivity index (χ3n) is 2.60. The molecule has 0 saturated carbocycles. The molecule has 13 heavy (non-hydrogen) atoms. The van der Waals surface area contributed by atoms with Crippen molar-refractivity contribution < 1.29 is 0 Å². The number of fused-ring (bicyclic) bond motifs is 1. The third-order valence-corrected chi connectivity index (χ3v) is 2.60. The second-order valence-electron chi connectivity index (χ2n) is 3.49. The quantitative estimate of drug-likeness (QED) is 0.728. The molecule has 0 atom stereocenters. The zero-order valence-electron chi connectivity index (χ0n) is 7.79. The smallest absolute Gasteiger partial charge is 0.115 e. The summed E-state index contributed by atoms with van der Waals surface area (Å²) in [4.78, 5) is 8.60. The van der Waals surface area contributed by atoms with E-state index in [0.717, 1.165) is 19.3 Å². The maximum atomic E-state index is 5.53. The van der Waals surface area contributed by atoms with Gasteiger partial charge >= 0.3 is 0 Å².